The van der Waals surface area contributed by atoms with E-state index in [1.165, 1.54) is 5.56 Å². The van der Waals surface area contributed by atoms with Crippen LogP contribution in [0, 0.1) is 0 Å². The van der Waals surface area contributed by atoms with E-state index < -0.39 is 0 Å². The molecule has 0 unspecified atom stereocenters. The zero-order chi connectivity index (χ0) is 9.10. The van der Waals surface area contributed by atoms with Gasteiger partial charge in [-0.15, -0.1) is 11.8 Å². The smallest absolute Gasteiger partial charge is 0.129 e. The normalized spacial score (nSPS) is 15.3. The minimum absolute atomic E-state index is 0.551. The second-order valence-electron chi connectivity index (χ2n) is 2.82. The predicted octanol–water partition coefficient (Wildman–Crippen LogP) is 2.71. The molecule has 0 atom stereocenters. The van der Waals surface area contributed by atoms with Gasteiger partial charge < -0.3 is 4.90 Å². The molecule has 4 heteroatoms. The Balaban J connectivity index is 2.01. The van der Waals surface area contributed by atoms with Gasteiger partial charge in [0.1, 0.15) is 5.15 Å². The number of halogens is 1. The van der Waals surface area contributed by atoms with E-state index in [0.29, 0.717) is 5.15 Å². The first-order valence-electron chi connectivity index (χ1n) is 3.97. The van der Waals surface area contributed by atoms with Gasteiger partial charge in [0.05, 0.1) is 5.88 Å². The van der Waals surface area contributed by atoms with Crippen molar-refractivity contribution >= 4 is 23.4 Å². The molecular formula is C9H9ClN2S. The number of hydrogen-bond donors (Lipinski definition) is 0. The molecule has 0 saturated heterocycles. The Morgan fingerprint density at radius 3 is 3.08 bits per heavy atom. The average Bonchev–Trinajstić information content (AvgIpc) is 2.62. The average molecular weight is 213 g/mol. The lowest BCUT2D eigenvalue weighted by molar-refractivity contribution is 0.440. The van der Waals surface area contributed by atoms with Crippen LogP contribution in [0.4, 0.5) is 0 Å². The molecule has 2 heterocycles. The van der Waals surface area contributed by atoms with Crippen molar-refractivity contribution in [1.82, 2.24) is 9.88 Å². The number of hydrogen-bond acceptors (Lipinski definition) is 3. The lowest BCUT2D eigenvalue weighted by Crippen LogP contribution is -2.12. The molecule has 0 aliphatic carbocycles. The van der Waals surface area contributed by atoms with Crippen molar-refractivity contribution in [3.05, 3.63) is 40.7 Å². The number of rotatable bonds is 2. The number of thioether (sulfide) groups is 1. The van der Waals surface area contributed by atoms with E-state index in [-0.39, 0.29) is 0 Å². The highest BCUT2D eigenvalue weighted by molar-refractivity contribution is 8.02. The summed E-state index contributed by atoms with van der Waals surface area (Å²) in [6, 6.07) is 3.83. The molecule has 0 radical (unpaired) electrons. The molecule has 1 aliphatic heterocycles. The molecule has 2 nitrogen and oxygen atoms in total. The summed E-state index contributed by atoms with van der Waals surface area (Å²) in [7, 11) is 0. The van der Waals surface area contributed by atoms with E-state index in [9.17, 15) is 0 Å². The molecule has 0 spiro atoms. The lowest BCUT2D eigenvalue weighted by Gasteiger charge is -2.13. The fraction of sp³-hybridized carbons (Fsp3) is 0.222. The van der Waals surface area contributed by atoms with Gasteiger partial charge in [-0.25, -0.2) is 4.98 Å². The highest BCUT2D eigenvalue weighted by Crippen LogP contribution is 2.17. The van der Waals surface area contributed by atoms with Gasteiger partial charge in [-0.3, -0.25) is 0 Å². The number of aromatic nitrogens is 1. The Hall–Kier alpha value is -0.670. The molecule has 0 amide bonds. The maximum atomic E-state index is 5.69. The third kappa shape index (κ3) is 2.39. The first-order chi connectivity index (χ1) is 6.34. The van der Waals surface area contributed by atoms with E-state index in [2.05, 4.69) is 21.5 Å². The van der Waals surface area contributed by atoms with Crippen LogP contribution < -0.4 is 0 Å². The Kier molecular flexibility index (Phi) is 2.76. The van der Waals surface area contributed by atoms with Crippen LogP contribution in [0.2, 0.25) is 5.15 Å². The molecule has 1 aromatic heterocycles. The van der Waals surface area contributed by atoms with Gasteiger partial charge in [-0.2, -0.15) is 0 Å². The van der Waals surface area contributed by atoms with Gasteiger partial charge in [0.2, 0.25) is 0 Å². The van der Waals surface area contributed by atoms with Crippen molar-refractivity contribution in [2.45, 2.75) is 6.54 Å². The maximum Gasteiger partial charge on any atom is 0.129 e. The van der Waals surface area contributed by atoms with Crippen molar-refractivity contribution in [3.63, 3.8) is 0 Å². The minimum atomic E-state index is 0.551. The van der Waals surface area contributed by atoms with Crippen LogP contribution in [0.25, 0.3) is 0 Å². The summed E-state index contributed by atoms with van der Waals surface area (Å²) in [5.74, 6) is 1.03. The van der Waals surface area contributed by atoms with E-state index in [1.54, 1.807) is 11.8 Å². The van der Waals surface area contributed by atoms with Gasteiger partial charge in [0.25, 0.3) is 0 Å². The zero-order valence-corrected chi connectivity index (χ0v) is 8.55. The Bertz CT molecular complexity index is 310. The molecule has 0 fully saturated rings. The van der Waals surface area contributed by atoms with Crippen LogP contribution in [0.15, 0.2) is 29.9 Å². The predicted molar refractivity (Wildman–Crippen MR) is 56.4 cm³/mol. The molecule has 1 aliphatic rings. The largest absolute Gasteiger partial charge is 0.363 e. The topological polar surface area (TPSA) is 16.1 Å². The Labute approximate surface area is 86.6 Å². The van der Waals surface area contributed by atoms with Crippen molar-refractivity contribution in [2.75, 3.05) is 5.88 Å². The fourth-order valence-corrected chi connectivity index (χ4v) is 1.97. The summed E-state index contributed by atoms with van der Waals surface area (Å²) < 4.78 is 0. The van der Waals surface area contributed by atoms with Crippen molar-refractivity contribution < 1.29 is 0 Å². The van der Waals surface area contributed by atoms with E-state index in [4.69, 9.17) is 11.6 Å². The van der Waals surface area contributed by atoms with Crippen LogP contribution in [0.5, 0.6) is 0 Å². The Morgan fingerprint density at radius 2 is 2.46 bits per heavy atom. The molecule has 0 bridgehead atoms. The molecule has 0 aromatic carbocycles. The summed E-state index contributed by atoms with van der Waals surface area (Å²) >= 11 is 7.49. The Morgan fingerprint density at radius 1 is 1.54 bits per heavy atom. The summed E-state index contributed by atoms with van der Waals surface area (Å²) in [4.78, 5) is 6.26. The molecular weight excluding hydrogens is 204 g/mol. The van der Waals surface area contributed by atoms with E-state index in [0.717, 1.165) is 12.4 Å². The standard InChI is InChI=1S/C9H9ClN2S/c10-9-2-1-8(5-11-9)6-12-3-4-13-7-12/h1-5H,6-7H2. The third-order valence-corrected chi connectivity index (χ3v) is 2.80. The summed E-state index contributed by atoms with van der Waals surface area (Å²) in [5, 5.41) is 2.65. The fourth-order valence-electron chi connectivity index (χ4n) is 1.14. The van der Waals surface area contributed by atoms with Gasteiger partial charge in [0, 0.05) is 18.9 Å². The summed E-state index contributed by atoms with van der Waals surface area (Å²) in [5.41, 5.74) is 1.19. The monoisotopic (exact) mass is 212 g/mol. The van der Waals surface area contributed by atoms with E-state index >= 15 is 0 Å². The van der Waals surface area contributed by atoms with Crippen molar-refractivity contribution in [1.29, 1.82) is 0 Å². The molecule has 1 aromatic rings. The van der Waals surface area contributed by atoms with Gasteiger partial charge in [-0.1, -0.05) is 17.7 Å². The minimum Gasteiger partial charge on any atom is -0.363 e. The first-order valence-corrected chi connectivity index (χ1v) is 5.40. The molecule has 13 heavy (non-hydrogen) atoms. The van der Waals surface area contributed by atoms with Crippen molar-refractivity contribution in [2.24, 2.45) is 0 Å². The molecule has 2 rings (SSSR count). The highest BCUT2D eigenvalue weighted by atomic mass is 35.5. The summed E-state index contributed by atoms with van der Waals surface area (Å²) in [6.45, 7) is 0.910. The number of nitrogens with zero attached hydrogens (tertiary/aromatic N) is 2. The third-order valence-electron chi connectivity index (χ3n) is 1.78. The van der Waals surface area contributed by atoms with Crippen LogP contribution in [0.1, 0.15) is 5.56 Å². The van der Waals surface area contributed by atoms with Crippen LogP contribution in [0.3, 0.4) is 0 Å². The molecule has 68 valence electrons. The van der Waals surface area contributed by atoms with E-state index in [1.807, 2.05) is 18.3 Å². The maximum absolute atomic E-state index is 5.69. The number of pyridine rings is 1. The first kappa shape index (κ1) is 8.91. The van der Waals surface area contributed by atoms with Gasteiger partial charge in [-0.05, 0) is 17.0 Å². The second kappa shape index (κ2) is 4.03. The second-order valence-corrected chi connectivity index (χ2v) is 4.07. The van der Waals surface area contributed by atoms with Crippen LogP contribution in [-0.2, 0) is 6.54 Å². The molecule has 0 saturated carbocycles. The van der Waals surface area contributed by atoms with Gasteiger partial charge in [0.15, 0.2) is 0 Å². The van der Waals surface area contributed by atoms with Crippen LogP contribution in [-0.4, -0.2) is 15.8 Å². The SMILES string of the molecule is Clc1ccc(CN2C=CSC2)cn1. The summed E-state index contributed by atoms with van der Waals surface area (Å²) in [6.07, 6.45) is 3.92. The van der Waals surface area contributed by atoms with Crippen LogP contribution >= 0.6 is 23.4 Å². The highest BCUT2D eigenvalue weighted by Gasteiger charge is 2.05. The van der Waals surface area contributed by atoms with Gasteiger partial charge >= 0.3 is 0 Å². The lowest BCUT2D eigenvalue weighted by atomic mass is 10.3. The molecule has 0 N–H and O–H groups in total. The van der Waals surface area contributed by atoms with Crippen molar-refractivity contribution in [3.8, 4) is 0 Å². The zero-order valence-electron chi connectivity index (χ0n) is 6.98. The quantitative estimate of drug-likeness (QED) is 0.702.